The Morgan fingerprint density at radius 3 is 2.53 bits per heavy atom. The highest BCUT2D eigenvalue weighted by Gasteiger charge is 2.27. The summed E-state index contributed by atoms with van der Waals surface area (Å²) in [6.45, 7) is 2.21. The molecule has 222 valence electrons. The molecule has 1 atom stereocenters. The minimum absolute atomic E-state index is 0.0836. The molecule has 1 fully saturated rings. The van der Waals surface area contributed by atoms with Crippen LogP contribution in [0, 0.1) is 18.7 Å². The molecule has 0 bridgehead atoms. The molecular formula is C30H29ClFN7O4. The third-order valence-corrected chi connectivity index (χ3v) is 8.13. The molecular weight excluding hydrogens is 577 g/mol. The second-order valence-electron chi connectivity index (χ2n) is 10.8. The van der Waals surface area contributed by atoms with E-state index in [4.69, 9.17) is 21.3 Å². The number of halogens is 2. The van der Waals surface area contributed by atoms with Crippen molar-refractivity contribution in [3.63, 3.8) is 0 Å². The minimum Gasteiger partial charge on any atom is -0.405 e. The van der Waals surface area contributed by atoms with Gasteiger partial charge in [-0.05, 0) is 61.4 Å². The predicted octanol–water partition coefficient (Wildman–Crippen LogP) is 4.67. The first-order chi connectivity index (χ1) is 20.6. The van der Waals surface area contributed by atoms with E-state index in [0.29, 0.717) is 35.2 Å². The van der Waals surface area contributed by atoms with E-state index in [9.17, 15) is 18.8 Å². The van der Waals surface area contributed by atoms with Crippen LogP contribution in [0.15, 0.2) is 58.1 Å². The number of hydrogen-bond donors (Lipinski definition) is 2. The highest BCUT2D eigenvalue weighted by Crippen LogP contribution is 2.33. The molecule has 6 rings (SSSR count). The van der Waals surface area contributed by atoms with Crippen molar-refractivity contribution in [1.29, 1.82) is 0 Å². The lowest BCUT2D eigenvalue weighted by Gasteiger charge is -2.19. The molecule has 1 saturated carbocycles. The van der Waals surface area contributed by atoms with Gasteiger partial charge in [-0.15, -0.1) is 0 Å². The lowest BCUT2D eigenvalue weighted by molar-refractivity contribution is 0.208. The first-order valence-corrected chi connectivity index (χ1v) is 14.2. The molecule has 11 nitrogen and oxygen atoms in total. The van der Waals surface area contributed by atoms with E-state index in [1.54, 1.807) is 51.4 Å². The number of benzene rings is 2. The van der Waals surface area contributed by atoms with Crippen molar-refractivity contribution in [3.8, 4) is 5.75 Å². The number of nitrogens with zero attached hydrogens (tertiary/aromatic N) is 5. The van der Waals surface area contributed by atoms with E-state index in [-0.39, 0.29) is 34.3 Å². The molecule has 13 heteroatoms. The monoisotopic (exact) mass is 605 g/mol. The van der Waals surface area contributed by atoms with E-state index in [2.05, 4.69) is 15.1 Å². The number of fused-ring (bicyclic) bond motifs is 1. The Morgan fingerprint density at radius 1 is 1.16 bits per heavy atom. The van der Waals surface area contributed by atoms with Crippen LogP contribution in [-0.2, 0) is 20.0 Å². The van der Waals surface area contributed by atoms with E-state index >= 15 is 0 Å². The second-order valence-corrected chi connectivity index (χ2v) is 11.2. The number of anilines is 1. The van der Waals surface area contributed by atoms with E-state index in [0.717, 1.165) is 18.4 Å². The average molecular weight is 606 g/mol. The molecule has 3 aromatic heterocycles. The summed E-state index contributed by atoms with van der Waals surface area (Å²) in [4.78, 5) is 49.9. The van der Waals surface area contributed by atoms with Crippen LogP contribution in [0.25, 0.3) is 11.2 Å². The number of aromatic amines is 2. The summed E-state index contributed by atoms with van der Waals surface area (Å²) in [7, 11) is 3.27. The van der Waals surface area contributed by atoms with Gasteiger partial charge in [-0.25, -0.2) is 19.0 Å². The lowest BCUT2D eigenvalue weighted by Crippen LogP contribution is -2.30. The Bertz CT molecular complexity index is 1960. The van der Waals surface area contributed by atoms with Gasteiger partial charge in [0.15, 0.2) is 16.5 Å². The Hall–Kier alpha value is -4.71. The number of carbonyl (C=O) groups is 1. The van der Waals surface area contributed by atoms with Gasteiger partial charge in [0.25, 0.3) is 5.56 Å². The van der Waals surface area contributed by atoms with Gasteiger partial charge >= 0.3 is 11.8 Å². The first-order valence-electron chi connectivity index (χ1n) is 13.8. The van der Waals surface area contributed by atoms with Crippen LogP contribution >= 0.6 is 11.6 Å². The lowest BCUT2D eigenvalue weighted by atomic mass is 9.91. The molecule has 3 heterocycles. The zero-order valence-electron chi connectivity index (χ0n) is 23.7. The molecule has 5 aromatic rings. The van der Waals surface area contributed by atoms with Crippen molar-refractivity contribution in [2.24, 2.45) is 13.0 Å². The van der Waals surface area contributed by atoms with E-state index in [1.165, 1.54) is 20.2 Å². The number of ether oxygens (including phenoxy) is 1. The fourth-order valence-corrected chi connectivity index (χ4v) is 5.35. The highest BCUT2D eigenvalue weighted by molar-refractivity contribution is 6.31. The van der Waals surface area contributed by atoms with Crippen molar-refractivity contribution >= 4 is 34.5 Å². The van der Waals surface area contributed by atoms with Gasteiger partial charge < -0.3 is 9.72 Å². The number of aromatic nitrogens is 6. The number of amides is 1. The van der Waals surface area contributed by atoms with Crippen molar-refractivity contribution in [1.82, 2.24) is 29.3 Å². The molecule has 0 spiro atoms. The van der Waals surface area contributed by atoms with Crippen molar-refractivity contribution < 1.29 is 13.9 Å². The molecule has 1 amide bonds. The second kappa shape index (κ2) is 11.2. The van der Waals surface area contributed by atoms with E-state index < -0.39 is 23.3 Å². The van der Waals surface area contributed by atoms with Crippen LogP contribution in [0.5, 0.6) is 5.75 Å². The van der Waals surface area contributed by atoms with Gasteiger partial charge in [0, 0.05) is 32.2 Å². The van der Waals surface area contributed by atoms with Crippen LogP contribution < -0.4 is 20.9 Å². The molecule has 2 N–H and O–H groups in total. The zero-order chi connectivity index (χ0) is 30.4. The molecule has 1 aliphatic carbocycles. The van der Waals surface area contributed by atoms with Gasteiger partial charge in [-0.2, -0.15) is 5.10 Å². The number of hydrogen-bond acceptors (Lipinski definition) is 6. The smallest absolute Gasteiger partial charge is 0.405 e. The first kappa shape index (κ1) is 28.4. The van der Waals surface area contributed by atoms with Crippen molar-refractivity contribution in [2.75, 3.05) is 11.9 Å². The highest BCUT2D eigenvalue weighted by atomic mass is 35.5. The van der Waals surface area contributed by atoms with E-state index in [1.807, 2.05) is 12.1 Å². The maximum atomic E-state index is 14.8. The maximum Gasteiger partial charge on any atom is 0.419 e. The Kier molecular flexibility index (Phi) is 7.38. The Morgan fingerprint density at radius 2 is 1.88 bits per heavy atom. The number of H-pyrrole nitrogens is 2. The van der Waals surface area contributed by atoms with Gasteiger partial charge in [-0.3, -0.25) is 23.9 Å². The molecule has 1 unspecified atom stereocenters. The SMILES string of the molecule is Cc1c(OC(=O)N(C)c2ccc(C(Cc3ccccc3F)c3nc4c([nH]3)c(=O)[nH]c(=O)n4CC3CC3)cc2)c(Cl)nn1C. The molecule has 43 heavy (non-hydrogen) atoms. The topological polar surface area (TPSA) is 131 Å². The van der Waals surface area contributed by atoms with Crippen LogP contribution in [-0.4, -0.2) is 42.4 Å². The van der Waals surface area contributed by atoms with Crippen LogP contribution in [0.4, 0.5) is 14.9 Å². The van der Waals surface area contributed by atoms with Crippen LogP contribution in [0.1, 0.15) is 41.4 Å². The fraction of sp³-hybridized carbons (Fsp3) is 0.300. The van der Waals surface area contributed by atoms with Gasteiger partial charge in [-0.1, -0.05) is 41.9 Å². The zero-order valence-corrected chi connectivity index (χ0v) is 24.5. The molecule has 0 radical (unpaired) electrons. The van der Waals surface area contributed by atoms with Crippen molar-refractivity contribution in [2.45, 2.75) is 38.6 Å². The van der Waals surface area contributed by atoms with Crippen molar-refractivity contribution in [3.05, 3.63) is 103 Å². The van der Waals surface area contributed by atoms with Crippen LogP contribution in [0.2, 0.25) is 5.15 Å². The predicted molar refractivity (Wildman–Crippen MR) is 159 cm³/mol. The number of imidazole rings is 1. The van der Waals surface area contributed by atoms with Crippen LogP contribution in [0.3, 0.4) is 0 Å². The number of rotatable bonds is 8. The molecule has 1 aliphatic rings. The summed E-state index contributed by atoms with van der Waals surface area (Å²) < 4.78 is 23.3. The third-order valence-electron chi connectivity index (χ3n) is 7.89. The van der Waals surface area contributed by atoms with Gasteiger partial charge in [0.05, 0.1) is 5.69 Å². The quantitative estimate of drug-likeness (QED) is 0.264. The summed E-state index contributed by atoms with van der Waals surface area (Å²) in [6, 6.07) is 13.6. The average Bonchev–Trinajstić information content (AvgIpc) is 3.65. The molecule has 0 saturated heterocycles. The molecule has 0 aliphatic heterocycles. The summed E-state index contributed by atoms with van der Waals surface area (Å²) in [6.07, 6.45) is 1.61. The summed E-state index contributed by atoms with van der Waals surface area (Å²) in [5.41, 5.74) is 1.76. The third kappa shape index (κ3) is 5.57. The summed E-state index contributed by atoms with van der Waals surface area (Å²) in [5, 5.41) is 4.14. The number of carbonyl (C=O) groups excluding carboxylic acids is 1. The Labute approximate surface area is 249 Å². The maximum absolute atomic E-state index is 14.8. The largest absolute Gasteiger partial charge is 0.419 e. The fourth-order valence-electron chi connectivity index (χ4n) is 5.06. The Balaban J connectivity index is 1.35. The van der Waals surface area contributed by atoms with Gasteiger partial charge in [0.1, 0.15) is 17.2 Å². The number of nitrogens with one attached hydrogen (secondary N) is 2. The number of aryl methyl sites for hydroxylation is 1. The minimum atomic E-state index is -0.654. The standard InChI is InChI=1S/C30H29ClFN7O4/c1-16-24(25(31)36-38(16)3)43-30(42)37(2)20-12-10-18(11-13-20)21(14-19-6-4-5-7-22(19)32)26-33-23-27(34-26)39(15-17-8-9-17)29(41)35-28(23)40/h4-7,10-13,17,21H,8-9,14-15H2,1-3H3,(H,33,34)(H,35,40,41). The summed E-state index contributed by atoms with van der Waals surface area (Å²) >= 11 is 6.12. The molecule has 2 aromatic carbocycles. The van der Waals surface area contributed by atoms with Gasteiger partial charge in [0.2, 0.25) is 0 Å². The normalized spacial score (nSPS) is 13.8. The summed E-state index contributed by atoms with van der Waals surface area (Å²) in [5.74, 6) is 0.103.